The van der Waals surface area contributed by atoms with E-state index in [2.05, 4.69) is 20.8 Å². The van der Waals surface area contributed by atoms with Crippen LogP contribution in [0.25, 0.3) is 0 Å². The second-order valence-electron chi connectivity index (χ2n) is 5.23. The molecule has 2 amide bonds. The number of aliphatic carboxylic acids is 1. The number of nitrogens with zero attached hydrogens (tertiary/aromatic N) is 3. The Labute approximate surface area is 122 Å². The summed E-state index contributed by atoms with van der Waals surface area (Å²) >= 11 is 0. The second kappa shape index (κ2) is 7.05. The highest BCUT2D eigenvalue weighted by molar-refractivity contribution is 5.74. The van der Waals surface area contributed by atoms with Gasteiger partial charge in [0, 0.05) is 13.1 Å². The Kier molecular flexibility index (Phi) is 5.13. The molecule has 0 spiro atoms. The Morgan fingerprint density at radius 2 is 2.24 bits per heavy atom. The SMILES string of the molecule is CCn1cnnc1CNC(=O)NCC1CCCC1C(=O)O. The largest absolute Gasteiger partial charge is 0.481 e. The minimum Gasteiger partial charge on any atom is -0.481 e. The first-order valence-electron chi connectivity index (χ1n) is 7.23. The number of aromatic nitrogens is 3. The molecule has 1 heterocycles. The molecular formula is C13H21N5O3. The van der Waals surface area contributed by atoms with Crippen molar-refractivity contribution in [3.63, 3.8) is 0 Å². The molecule has 1 aliphatic rings. The van der Waals surface area contributed by atoms with Gasteiger partial charge in [0.1, 0.15) is 6.33 Å². The lowest BCUT2D eigenvalue weighted by molar-refractivity contribution is -0.142. The lowest BCUT2D eigenvalue weighted by Crippen LogP contribution is -2.39. The van der Waals surface area contributed by atoms with E-state index >= 15 is 0 Å². The van der Waals surface area contributed by atoms with Crippen molar-refractivity contribution in [2.45, 2.75) is 39.3 Å². The maximum Gasteiger partial charge on any atom is 0.315 e. The Balaban J connectivity index is 1.74. The quantitative estimate of drug-likeness (QED) is 0.712. The van der Waals surface area contributed by atoms with Crippen LogP contribution < -0.4 is 10.6 Å². The van der Waals surface area contributed by atoms with E-state index in [4.69, 9.17) is 5.11 Å². The zero-order chi connectivity index (χ0) is 15.2. The fourth-order valence-electron chi connectivity index (χ4n) is 2.73. The van der Waals surface area contributed by atoms with E-state index in [1.165, 1.54) is 0 Å². The fourth-order valence-corrected chi connectivity index (χ4v) is 2.73. The van der Waals surface area contributed by atoms with Crippen molar-refractivity contribution in [3.8, 4) is 0 Å². The molecular weight excluding hydrogens is 274 g/mol. The topological polar surface area (TPSA) is 109 Å². The molecule has 0 bridgehead atoms. The summed E-state index contributed by atoms with van der Waals surface area (Å²) in [5, 5.41) is 22.2. The van der Waals surface area contributed by atoms with Gasteiger partial charge in [-0.05, 0) is 25.7 Å². The van der Waals surface area contributed by atoms with Crippen molar-refractivity contribution in [2.75, 3.05) is 6.54 Å². The van der Waals surface area contributed by atoms with Crippen LogP contribution in [0, 0.1) is 11.8 Å². The molecule has 0 radical (unpaired) electrons. The van der Waals surface area contributed by atoms with Crippen molar-refractivity contribution >= 4 is 12.0 Å². The molecule has 1 aliphatic carbocycles. The molecule has 1 saturated carbocycles. The van der Waals surface area contributed by atoms with Crippen LogP contribution in [-0.4, -0.2) is 38.4 Å². The molecule has 0 aromatic carbocycles. The van der Waals surface area contributed by atoms with Gasteiger partial charge in [-0.25, -0.2) is 4.79 Å². The number of carboxylic acid groups (broad SMARTS) is 1. The van der Waals surface area contributed by atoms with E-state index in [1.54, 1.807) is 6.33 Å². The zero-order valence-electron chi connectivity index (χ0n) is 12.1. The van der Waals surface area contributed by atoms with E-state index in [9.17, 15) is 9.59 Å². The van der Waals surface area contributed by atoms with Gasteiger partial charge in [0.2, 0.25) is 0 Å². The van der Waals surface area contributed by atoms with Crippen LogP contribution in [0.4, 0.5) is 4.79 Å². The molecule has 2 rings (SSSR count). The van der Waals surface area contributed by atoms with Crippen molar-refractivity contribution in [2.24, 2.45) is 11.8 Å². The Morgan fingerprint density at radius 3 is 2.95 bits per heavy atom. The lowest BCUT2D eigenvalue weighted by atomic mass is 9.96. The number of aryl methyl sites for hydroxylation is 1. The van der Waals surface area contributed by atoms with Gasteiger partial charge in [0.05, 0.1) is 12.5 Å². The van der Waals surface area contributed by atoms with Gasteiger partial charge < -0.3 is 20.3 Å². The summed E-state index contributed by atoms with van der Waals surface area (Å²) in [6.45, 7) is 3.41. The average Bonchev–Trinajstić information content (AvgIpc) is 3.11. The summed E-state index contributed by atoms with van der Waals surface area (Å²) in [7, 11) is 0. The molecule has 1 fully saturated rings. The number of urea groups is 1. The van der Waals surface area contributed by atoms with Crippen LogP contribution in [0.2, 0.25) is 0 Å². The van der Waals surface area contributed by atoms with E-state index in [1.807, 2.05) is 11.5 Å². The molecule has 0 aliphatic heterocycles. The van der Waals surface area contributed by atoms with Crippen molar-refractivity contribution in [3.05, 3.63) is 12.2 Å². The van der Waals surface area contributed by atoms with E-state index in [0.717, 1.165) is 19.4 Å². The number of hydrogen-bond donors (Lipinski definition) is 3. The van der Waals surface area contributed by atoms with Crippen molar-refractivity contribution in [1.29, 1.82) is 0 Å². The van der Waals surface area contributed by atoms with Crippen LogP contribution in [0.3, 0.4) is 0 Å². The first kappa shape index (κ1) is 15.3. The highest BCUT2D eigenvalue weighted by atomic mass is 16.4. The molecule has 0 saturated heterocycles. The van der Waals surface area contributed by atoms with Gasteiger partial charge in [-0.15, -0.1) is 10.2 Å². The van der Waals surface area contributed by atoms with Gasteiger partial charge in [-0.2, -0.15) is 0 Å². The number of rotatable bonds is 6. The van der Waals surface area contributed by atoms with E-state index in [-0.39, 0.29) is 17.9 Å². The number of carbonyl (C=O) groups excluding carboxylic acids is 1. The standard InChI is InChI=1S/C13H21N5O3/c1-2-18-8-16-17-11(18)7-15-13(21)14-6-9-4-3-5-10(9)12(19)20/h8-10H,2-7H2,1H3,(H,19,20)(H2,14,15,21). The molecule has 21 heavy (non-hydrogen) atoms. The molecule has 1 aromatic heterocycles. The molecule has 116 valence electrons. The zero-order valence-corrected chi connectivity index (χ0v) is 12.1. The van der Waals surface area contributed by atoms with Gasteiger partial charge >= 0.3 is 12.0 Å². The minimum absolute atomic E-state index is 0.0209. The van der Waals surface area contributed by atoms with Crippen LogP contribution in [0.15, 0.2) is 6.33 Å². The lowest BCUT2D eigenvalue weighted by Gasteiger charge is -2.16. The Morgan fingerprint density at radius 1 is 1.43 bits per heavy atom. The first-order valence-corrected chi connectivity index (χ1v) is 7.23. The third-order valence-electron chi connectivity index (χ3n) is 3.94. The molecule has 8 heteroatoms. The Hall–Kier alpha value is -2.12. The predicted molar refractivity (Wildman–Crippen MR) is 74.4 cm³/mol. The number of amides is 2. The smallest absolute Gasteiger partial charge is 0.315 e. The average molecular weight is 295 g/mol. The van der Waals surface area contributed by atoms with Crippen molar-refractivity contribution in [1.82, 2.24) is 25.4 Å². The number of carboxylic acids is 1. The summed E-state index contributed by atoms with van der Waals surface area (Å²) in [6.07, 6.45) is 4.07. The molecule has 2 unspecified atom stereocenters. The summed E-state index contributed by atoms with van der Waals surface area (Å²) in [5.74, 6) is -0.395. The molecule has 2 atom stereocenters. The third kappa shape index (κ3) is 3.93. The fraction of sp³-hybridized carbons (Fsp3) is 0.692. The van der Waals surface area contributed by atoms with Crippen molar-refractivity contribution < 1.29 is 14.7 Å². The van der Waals surface area contributed by atoms with Gasteiger partial charge in [-0.1, -0.05) is 6.42 Å². The molecule has 1 aromatic rings. The monoisotopic (exact) mass is 295 g/mol. The molecule has 8 nitrogen and oxygen atoms in total. The predicted octanol–water partition coefficient (Wildman–Crippen LogP) is 0.598. The first-order chi connectivity index (χ1) is 10.1. The molecule has 3 N–H and O–H groups in total. The van der Waals surface area contributed by atoms with Crippen LogP contribution in [0.5, 0.6) is 0 Å². The van der Waals surface area contributed by atoms with Gasteiger partial charge in [0.15, 0.2) is 5.82 Å². The maximum atomic E-state index is 11.7. The van der Waals surface area contributed by atoms with Crippen LogP contribution in [0.1, 0.15) is 32.0 Å². The normalized spacial score (nSPS) is 21.2. The summed E-state index contributed by atoms with van der Waals surface area (Å²) in [4.78, 5) is 22.8. The summed E-state index contributed by atoms with van der Waals surface area (Å²) in [5.41, 5.74) is 0. The number of carbonyl (C=O) groups is 2. The second-order valence-corrected chi connectivity index (χ2v) is 5.23. The maximum absolute atomic E-state index is 11.7. The van der Waals surface area contributed by atoms with Crippen LogP contribution >= 0.6 is 0 Å². The summed E-state index contributed by atoms with van der Waals surface area (Å²) < 4.78 is 1.84. The van der Waals surface area contributed by atoms with Crippen LogP contribution in [-0.2, 0) is 17.9 Å². The van der Waals surface area contributed by atoms with Gasteiger partial charge in [0.25, 0.3) is 0 Å². The third-order valence-corrected chi connectivity index (χ3v) is 3.94. The highest BCUT2D eigenvalue weighted by Crippen LogP contribution is 2.31. The minimum atomic E-state index is -0.768. The van der Waals surface area contributed by atoms with Gasteiger partial charge in [-0.3, -0.25) is 4.79 Å². The number of hydrogen-bond acceptors (Lipinski definition) is 4. The highest BCUT2D eigenvalue weighted by Gasteiger charge is 2.32. The van der Waals surface area contributed by atoms with E-state index < -0.39 is 5.97 Å². The van der Waals surface area contributed by atoms with E-state index in [0.29, 0.717) is 25.3 Å². The number of nitrogens with one attached hydrogen (secondary N) is 2. The Bertz CT molecular complexity index is 502. The summed E-state index contributed by atoms with van der Waals surface area (Å²) in [6, 6.07) is -0.309.